The van der Waals surface area contributed by atoms with Gasteiger partial charge in [0, 0.05) is 12.1 Å². The van der Waals surface area contributed by atoms with E-state index < -0.39 is 4.92 Å². The van der Waals surface area contributed by atoms with Crippen molar-refractivity contribution in [2.24, 2.45) is 0 Å². The lowest BCUT2D eigenvalue weighted by Crippen LogP contribution is -2.10. The van der Waals surface area contributed by atoms with Crippen LogP contribution >= 0.6 is 0 Å². The number of nitrogens with two attached hydrogens (primary N) is 2. The quantitative estimate of drug-likeness (QED) is 0.399. The molecule has 1 heterocycles. The highest BCUT2D eigenvalue weighted by Gasteiger charge is 2.07. The summed E-state index contributed by atoms with van der Waals surface area (Å²) < 4.78 is 0. The van der Waals surface area contributed by atoms with Gasteiger partial charge in [0.25, 0.3) is 5.69 Å². The molecule has 9 nitrogen and oxygen atoms in total. The Kier molecular flexibility index (Phi) is 2.87. The van der Waals surface area contributed by atoms with Crippen LogP contribution in [-0.4, -0.2) is 15.1 Å². The molecular formula is C9H11N7O2. The van der Waals surface area contributed by atoms with Crippen molar-refractivity contribution >= 4 is 28.7 Å². The summed E-state index contributed by atoms with van der Waals surface area (Å²) in [6.45, 7) is 0. The van der Waals surface area contributed by atoms with E-state index in [-0.39, 0.29) is 11.5 Å². The normalized spacial score (nSPS) is 10.0. The molecule has 9 heteroatoms. The Balaban J connectivity index is 2.04. The number of non-ortho nitro benzene ring substituents is 1. The predicted molar refractivity (Wildman–Crippen MR) is 67.8 cm³/mol. The molecule has 1 aromatic carbocycles. The van der Waals surface area contributed by atoms with Gasteiger partial charge in [0.15, 0.2) is 5.82 Å². The fourth-order valence-corrected chi connectivity index (χ4v) is 1.30. The number of benzene rings is 1. The molecule has 0 spiro atoms. The van der Waals surface area contributed by atoms with Gasteiger partial charge in [-0.3, -0.25) is 20.6 Å². The van der Waals surface area contributed by atoms with E-state index >= 15 is 0 Å². The van der Waals surface area contributed by atoms with E-state index in [1.54, 1.807) is 12.1 Å². The molecular weight excluding hydrogens is 238 g/mol. The topological polar surface area (TPSA) is 148 Å². The number of aromatic amines is 1. The highest BCUT2D eigenvalue weighted by atomic mass is 16.6. The number of nitrogens with zero attached hydrogens (tertiary/aromatic N) is 2. The first-order valence-corrected chi connectivity index (χ1v) is 4.93. The summed E-state index contributed by atoms with van der Waals surface area (Å²) in [6, 6.07) is 5.87. The Morgan fingerprint density at radius 3 is 2.39 bits per heavy atom. The molecule has 18 heavy (non-hydrogen) atoms. The van der Waals surface area contributed by atoms with Crippen molar-refractivity contribution in [1.29, 1.82) is 0 Å². The highest BCUT2D eigenvalue weighted by Crippen LogP contribution is 2.22. The molecule has 0 saturated heterocycles. The first kappa shape index (κ1) is 11.5. The second-order valence-corrected chi connectivity index (χ2v) is 3.45. The zero-order valence-corrected chi connectivity index (χ0v) is 9.18. The second kappa shape index (κ2) is 4.49. The Labute approximate surface area is 101 Å². The number of nitrogens with one attached hydrogen (secondary N) is 3. The van der Waals surface area contributed by atoms with Crippen LogP contribution < -0.4 is 22.3 Å². The van der Waals surface area contributed by atoms with E-state index in [2.05, 4.69) is 21.0 Å². The van der Waals surface area contributed by atoms with E-state index in [4.69, 9.17) is 11.5 Å². The minimum Gasteiger partial charge on any atom is -0.382 e. The number of aromatic nitrogens is 2. The van der Waals surface area contributed by atoms with Gasteiger partial charge in [0.1, 0.15) is 11.5 Å². The Morgan fingerprint density at radius 2 is 1.89 bits per heavy atom. The van der Waals surface area contributed by atoms with Gasteiger partial charge in [0.05, 0.1) is 10.6 Å². The van der Waals surface area contributed by atoms with Crippen molar-refractivity contribution in [3.05, 3.63) is 34.4 Å². The van der Waals surface area contributed by atoms with E-state index in [1.165, 1.54) is 12.1 Å². The summed E-state index contributed by atoms with van der Waals surface area (Å²) in [5.41, 5.74) is 17.8. The van der Waals surface area contributed by atoms with Gasteiger partial charge in [-0.25, -0.2) is 0 Å². The van der Waals surface area contributed by atoms with Crippen molar-refractivity contribution in [3.8, 4) is 0 Å². The first-order valence-electron chi connectivity index (χ1n) is 4.93. The van der Waals surface area contributed by atoms with Crippen molar-refractivity contribution in [1.82, 2.24) is 10.2 Å². The van der Waals surface area contributed by atoms with Crippen LogP contribution in [0.2, 0.25) is 0 Å². The van der Waals surface area contributed by atoms with Gasteiger partial charge >= 0.3 is 0 Å². The first-order chi connectivity index (χ1) is 8.58. The largest absolute Gasteiger partial charge is 0.382 e. The summed E-state index contributed by atoms with van der Waals surface area (Å²) >= 11 is 0. The highest BCUT2D eigenvalue weighted by molar-refractivity contribution is 5.75. The molecule has 0 bridgehead atoms. The molecule has 94 valence electrons. The maximum absolute atomic E-state index is 10.5. The molecule has 0 fully saturated rings. The van der Waals surface area contributed by atoms with Gasteiger partial charge in [-0.1, -0.05) is 0 Å². The number of rotatable bonds is 4. The third-order valence-electron chi connectivity index (χ3n) is 2.23. The molecule has 1 aromatic heterocycles. The van der Waals surface area contributed by atoms with Crippen LogP contribution in [0.5, 0.6) is 0 Å². The lowest BCUT2D eigenvalue weighted by molar-refractivity contribution is -0.384. The van der Waals surface area contributed by atoms with E-state index in [9.17, 15) is 10.1 Å². The minimum atomic E-state index is -0.469. The molecule has 0 amide bonds. The Hall–Kier alpha value is -2.97. The standard InChI is InChI=1S/C9H11N7O2/c10-8-7(9(11)15-14-8)13-12-5-1-3-6(4-2-5)16(17)18/h1-4,12-13H,(H5,10,11,14,15). The van der Waals surface area contributed by atoms with Crippen LogP contribution in [0.4, 0.5) is 28.7 Å². The number of nitro groups is 1. The van der Waals surface area contributed by atoms with E-state index in [0.717, 1.165) is 0 Å². The Morgan fingerprint density at radius 1 is 1.22 bits per heavy atom. The molecule has 0 aliphatic carbocycles. The number of hydrogen-bond acceptors (Lipinski definition) is 7. The fraction of sp³-hybridized carbons (Fsp3) is 0. The minimum absolute atomic E-state index is 0.0166. The molecule has 0 saturated carbocycles. The van der Waals surface area contributed by atoms with Crippen molar-refractivity contribution in [2.45, 2.75) is 0 Å². The van der Waals surface area contributed by atoms with Crippen LogP contribution in [-0.2, 0) is 0 Å². The maximum Gasteiger partial charge on any atom is 0.269 e. The zero-order valence-electron chi connectivity index (χ0n) is 9.18. The lowest BCUT2D eigenvalue weighted by Gasteiger charge is -2.08. The Bertz CT molecular complexity index is 543. The smallest absolute Gasteiger partial charge is 0.269 e. The summed E-state index contributed by atoms with van der Waals surface area (Å²) in [5.74, 6) is 0.517. The monoisotopic (exact) mass is 249 g/mol. The van der Waals surface area contributed by atoms with Gasteiger partial charge in [-0.15, -0.1) is 0 Å². The number of hydrogen-bond donors (Lipinski definition) is 5. The maximum atomic E-state index is 10.5. The SMILES string of the molecule is Nc1n[nH]c(N)c1NNc1ccc([N+](=O)[O-])cc1. The molecule has 0 aliphatic rings. The molecule has 7 N–H and O–H groups in total. The summed E-state index contributed by atoms with van der Waals surface area (Å²) in [4.78, 5) is 10.0. The van der Waals surface area contributed by atoms with Gasteiger partial charge in [0.2, 0.25) is 0 Å². The molecule has 0 unspecified atom stereocenters. The number of anilines is 4. The number of nitro benzene ring substituents is 1. The van der Waals surface area contributed by atoms with Crippen molar-refractivity contribution < 1.29 is 4.92 Å². The van der Waals surface area contributed by atoms with Crippen LogP contribution in [0.15, 0.2) is 24.3 Å². The van der Waals surface area contributed by atoms with Gasteiger partial charge < -0.3 is 16.9 Å². The number of hydrazine groups is 1. The van der Waals surface area contributed by atoms with E-state index in [0.29, 0.717) is 17.2 Å². The lowest BCUT2D eigenvalue weighted by atomic mass is 10.3. The van der Waals surface area contributed by atoms with Crippen LogP contribution in [0.3, 0.4) is 0 Å². The van der Waals surface area contributed by atoms with Gasteiger partial charge in [-0.2, -0.15) is 5.10 Å². The van der Waals surface area contributed by atoms with Crippen LogP contribution in [0.1, 0.15) is 0 Å². The van der Waals surface area contributed by atoms with Crippen molar-refractivity contribution in [3.63, 3.8) is 0 Å². The second-order valence-electron chi connectivity index (χ2n) is 3.45. The zero-order chi connectivity index (χ0) is 13.1. The van der Waals surface area contributed by atoms with Crippen LogP contribution in [0.25, 0.3) is 0 Å². The third kappa shape index (κ3) is 2.24. The average Bonchev–Trinajstić information content (AvgIpc) is 2.67. The molecule has 0 atom stereocenters. The fourth-order valence-electron chi connectivity index (χ4n) is 1.30. The number of H-pyrrole nitrogens is 1. The molecule has 0 aliphatic heterocycles. The van der Waals surface area contributed by atoms with Crippen molar-refractivity contribution in [2.75, 3.05) is 22.3 Å². The summed E-state index contributed by atoms with van der Waals surface area (Å²) in [6.07, 6.45) is 0. The van der Waals surface area contributed by atoms with Gasteiger partial charge in [-0.05, 0) is 12.1 Å². The van der Waals surface area contributed by atoms with Crippen LogP contribution in [0, 0.1) is 10.1 Å². The summed E-state index contributed by atoms with van der Waals surface area (Å²) in [5, 5.41) is 16.7. The molecule has 0 radical (unpaired) electrons. The average molecular weight is 249 g/mol. The summed E-state index contributed by atoms with van der Waals surface area (Å²) in [7, 11) is 0. The van der Waals surface area contributed by atoms with E-state index in [1.807, 2.05) is 0 Å². The predicted octanol–water partition coefficient (Wildman–Crippen LogP) is 0.921. The molecule has 2 rings (SSSR count). The third-order valence-corrected chi connectivity index (χ3v) is 2.23. The molecule has 2 aromatic rings. The number of nitrogen functional groups attached to an aromatic ring is 2.